The first kappa shape index (κ1) is 28.3. The summed E-state index contributed by atoms with van der Waals surface area (Å²) in [5.74, 6) is 0.398. The lowest BCUT2D eigenvalue weighted by Crippen LogP contribution is -2.36. The van der Waals surface area contributed by atoms with Crippen molar-refractivity contribution >= 4 is 14.2 Å². The van der Waals surface area contributed by atoms with Crippen LogP contribution in [-0.2, 0) is 9.26 Å². The molecule has 3 rings (SSSR count). The lowest BCUT2D eigenvalue weighted by Gasteiger charge is -2.35. The Labute approximate surface area is 213 Å². The highest BCUT2D eigenvalue weighted by Gasteiger charge is 2.38. The van der Waals surface area contributed by atoms with E-state index in [1.807, 2.05) is 32.4 Å². The number of nitrogens with zero attached hydrogens (tertiary/aromatic N) is 6. The van der Waals surface area contributed by atoms with Gasteiger partial charge >= 0.3 is 14.2 Å². The summed E-state index contributed by atoms with van der Waals surface area (Å²) in [4.78, 5) is 39.8. The number of H-pyrrole nitrogens is 1. The van der Waals surface area contributed by atoms with Crippen molar-refractivity contribution in [1.29, 1.82) is 0 Å². The molecule has 1 aliphatic rings. The highest BCUT2D eigenvalue weighted by Crippen LogP contribution is 2.47. The first-order valence-electron chi connectivity index (χ1n) is 11.7. The van der Waals surface area contributed by atoms with E-state index in [0.29, 0.717) is 11.3 Å². The Hall–Kier alpha value is -3.28. The van der Waals surface area contributed by atoms with E-state index in [-0.39, 0.29) is 30.8 Å². The summed E-state index contributed by atoms with van der Waals surface area (Å²) in [6, 6.07) is 5.16. The molecule has 0 bridgehead atoms. The number of nitro groups is 1. The van der Waals surface area contributed by atoms with Crippen molar-refractivity contribution < 1.29 is 18.7 Å². The minimum atomic E-state index is -1.70. The number of hydrogen-bond acceptors (Lipinski definition) is 9. The third-order valence-electron chi connectivity index (χ3n) is 5.69. The molecule has 15 heteroatoms. The van der Waals surface area contributed by atoms with Gasteiger partial charge in [-0.3, -0.25) is 24.5 Å². The lowest BCUT2D eigenvalue weighted by molar-refractivity contribution is -0.384. The molecule has 0 radical (unpaired) electrons. The van der Waals surface area contributed by atoms with Gasteiger partial charge in [0.25, 0.3) is 11.2 Å². The fourth-order valence-electron chi connectivity index (χ4n) is 3.99. The molecular weight excluding hydrogens is 505 g/mol. The summed E-state index contributed by atoms with van der Waals surface area (Å²) < 4.78 is 21.7. The van der Waals surface area contributed by atoms with Gasteiger partial charge in [-0.05, 0) is 52.3 Å². The number of azide groups is 1. The summed E-state index contributed by atoms with van der Waals surface area (Å²) in [5.41, 5.74) is 8.24. The molecule has 1 aromatic carbocycles. The second-order valence-corrected chi connectivity index (χ2v) is 10.4. The molecule has 37 heavy (non-hydrogen) atoms. The summed E-state index contributed by atoms with van der Waals surface area (Å²) in [6.07, 6.45) is 0.168. The second kappa shape index (κ2) is 12.3. The van der Waals surface area contributed by atoms with Gasteiger partial charge in [0.1, 0.15) is 12.0 Å². The average molecular weight is 535 g/mol. The standard InChI is InChI=1S/C22H30N7O7P/c1-13(2)28(14(3)4)37(36-17-8-6-16(7-9-17)29(32)33)34-12-19-18(25-26-23)10-20(35-19)27-11-15(5)21(30)24-22(27)31/h6-9,11,13-14,18-20H,10,12H2,1-5H3,(H,24,30,31)/t18-,19+,20+,37?/m0/s1. The van der Waals surface area contributed by atoms with Gasteiger partial charge in [-0.1, -0.05) is 5.11 Å². The van der Waals surface area contributed by atoms with Crippen molar-refractivity contribution in [2.24, 2.45) is 5.11 Å². The van der Waals surface area contributed by atoms with E-state index in [9.17, 15) is 19.7 Å². The second-order valence-electron chi connectivity index (χ2n) is 9.06. The number of aromatic amines is 1. The van der Waals surface area contributed by atoms with E-state index < -0.39 is 43.1 Å². The minimum absolute atomic E-state index is 0.00804. The number of benzene rings is 1. The molecule has 0 spiro atoms. The van der Waals surface area contributed by atoms with E-state index in [2.05, 4.69) is 15.0 Å². The number of nitrogens with one attached hydrogen (secondary N) is 1. The van der Waals surface area contributed by atoms with Crippen LogP contribution in [0.4, 0.5) is 5.69 Å². The van der Waals surface area contributed by atoms with Crippen molar-refractivity contribution in [2.75, 3.05) is 6.61 Å². The highest BCUT2D eigenvalue weighted by molar-refractivity contribution is 7.45. The van der Waals surface area contributed by atoms with Crippen LogP contribution in [0, 0.1) is 17.0 Å². The van der Waals surface area contributed by atoms with E-state index >= 15 is 0 Å². The van der Waals surface area contributed by atoms with Crippen molar-refractivity contribution in [3.8, 4) is 5.75 Å². The van der Waals surface area contributed by atoms with E-state index in [1.165, 1.54) is 35.0 Å². The molecule has 2 aromatic rings. The minimum Gasteiger partial charge on any atom is -0.436 e. The van der Waals surface area contributed by atoms with Gasteiger partial charge in [0, 0.05) is 47.3 Å². The molecule has 14 nitrogen and oxygen atoms in total. The van der Waals surface area contributed by atoms with Crippen LogP contribution in [0.15, 0.2) is 45.2 Å². The zero-order valence-electron chi connectivity index (χ0n) is 21.2. The van der Waals surface area contributed by atoms with Crippen LogP contribution in [0.1, 0.15) is 45.9 Å². The van der Waals surface area contributed by atoms with Crippen LogP contribution >= 0.6 is 8.53 Å². The maximum Gasteiger partial charge on any atom is 0.330 e. The van der Waals surface area contributed by atoms with Gasteiger partial charge in [-0.2, -0.15) is 0 Å². The molecule has 1 saturated heterocycles. The van der Waals surface area contributed by atoms with Crippen LogP contribution in [0.2, 0.25) is 0 Å². The smallest absolute Gasteiger partial charge is 0.330 e. The van der Waals surface area contributed by atoms with Gasteiger partial charge in [0.05, 0.1) is 23.7 Å². The van der Waals surface area contributed by atoms with E-state index in [0.717, 1.165) is 0 Å². The quantitative estimate of drug-likeness (QED) is 0.111. The third kappa shape index (κ3) is 6.94. The Kier molecular flexibility index (Phi) is 9.41. The lowest BCUT2D eigenvalue weighted by atomic mass is 10.1. The number of nitro benzene ring substituents is 1. The normalized spacial score (nSPS) is 20.3. The van der Waals surface area contributed by atoms with Gasteiger partial charge in [-0.15, -0.1) is 0 Å². The van der Waals surface area contributed by atoms with Gasteiger partial charge in [0.15, 0.2) is 0 Å². The first-order chi connectivity index (χ1) is 17.5. The fourth-order valence-corrected chi connectivity index (χ4v) is 5.60. The fraction of sp³-hybridized carbons (Fsp3) is 0.545. The Bertz CT molecular complexity index is 1250. The number of non-ortho nitro benzene ring substituents is 1. The highest BCUT2D eigenvalue weighted by atomic mass is 31.2. The van der Waals surface area contributed by atoms with Crippen LogP contribution in [0.3, 0.4) is 0 Å². The maximum atomic E-state index is 12.4. The Balaban J connectivity index is 1.82. The molecule has 1 aliphatic heterocycles. The Morgan fingerprint density at radius 2 is 1.95 bits per heavy atom. The van der Waals surface area contributed by atoms with Crippen LogP contribution in [0.25, 0.3) is 10.4 Å². The van der Waals surface area contributed by atoms with Crippen molar-refractivity contribution in [1.82, 2.24) is 14.2 Å². The zero-order chi connectivity index (χ0) is 27.3. The zero-order valence-corrected chi connectivity index (χ0v) is 22.1. The van der Waals surface area contributed by atoms with Gasteiger partial charge < -0.3 is 13.8 Å². The molecule has 0 saturated carbocycles. The molecule has 0 amide bonds. The maximum absolute atomic E-state index is 12.4. The SMILES string of the molecule is Cc1cn([C@H]2C[C@H](N=[N+]=[N-])[C@@H](COP(Oc3ccc([N+](=O)[O-])cc3)N(C(C)C)C(C)C)O2)c(=O)[nH]c1=O. The molecule has 4 atom stereocenters. The predicted molar refractivity (Wildman–Crippen MR) is 136 cm³/mol. The van der Waals surface area contributed by atoms with Crippen LogP contribution in [-0.4, -0.2) is 50.0 Å². The Morgan fingerprint density at radius 3 is 2.51 bits per heavy atom. The van der Waals surface area contributed by atoms with Crippen LogP contribution in [0.5, 0.6) is 5.75 Å². The number of aromatic nitrogens is 2. The topological polar surface area (TPSA) is 178 Å². The first-order valence-corrected chi connectivity index (χ1v) is 12.8. The predicted octanol–water partition coefficient (Wildman–Crippen LogP) is 4.16. The summed E-state index contributed by atoms with van der Waals surface area (Å²) >= 11 is 0. The number of hydrogen-bond donors (Lipinski definition) is 1. The number of aryl methyl sites for hydroxylation is 1. The van der Waals surface area contributed by atoms with Gasteiger partial charge in [0.2, 0.25) is 0 Å². The van der Waals surface area contributed by atoms with E-state index in [1.54, 1.807) is 6.92 Å². The van der Waals surface area contributed by atoms with Crippen molar-refractivity contribution in [2.45, 2.75) is 71.5 Å². The largest absolute Gasteiger partial charge is 0.436 e. The van der Waals surface area contributed by atoms with Gasteiger partial charge in [-0.25, -0.2) is 9.46 Å². The number of rotatable bonds is 11. The monoisotopic (exact) mass is 535 g/mol. The molecule has 0 aliphatic carbocycles. The summed E-state index contributed by atoms with van der Waals surface area (Å²) in [6.45, 7) is 9.54. The summed E-state index contributed by atoms with van der Waals surface area (Å²) in [7, 11) is -1.70. The molecular formula is C22H30N7O7P. The molecule has 1 fully saturated rings. The molecule has 1 unspecified atom stereocenters. The third-order valence-corrected chi connectivity index (χ3v) is 7.73. The molecule has 200 valence electrons. The summed E-state index contributed by atoms with van der Waals surface area (Å²) in [5, 5.41) is 14.8. The molecule has 1 aromatic heterocycles. The molecule has 1 N–H and O–H groups in total. The van der Waals surface area contributed by atoms with Crippen molar-refractivity contribution in [3.63, 3.8) is 0 Å². The average Bonchev–Trinajstić information content (AvgIpc) is 3.22. The number of ether oxygens (including phenoxy) is 1. The van der Waals surface area contributed by atoms with Crippen molar-refractivity contribution in [3.05, 3.63) is 77.4 Å². The van der Waals surface area contributed by atoms with Crippen LogP contribution < -0.4 is 15.8 Å². The van der Waals surface area contributed by atoms with E-state index in [4.69, 9.17) is 19.3 Å². The Morgan fingerprint density at radius 1 is 1.30 bits per heavy atom. The molecule has 2 heterocycles.